The van der Waals surface area contributed by atoms with Gasteiger partial charge in [-0.3, -0.25) is 14.4 Å². The van der Waals surface area contributed by atoms with Crippen molar-refractivity contribution in [3.05, 3.63) is 57.6 Å². The predicted molar refractivity (Wildman–Crippen MR) is 97.7 cm³/mol. The van der Waals surface area contributed by atoms with E-state index in [0.717, 1.165) is 19.6 Å². The Morgan fingerprint density at radius 3 is 2.58 bits per heavy atom. The number of halogens is 1. The second-order valence-electron chi connectivity index (χ2n) is 6.91. The first-order valence-electron chi connectivity index (χ1n) is 8.55. The van der Waals surface area contributed by atoms with Crippen molar-refractivity contribution in [2.75, 3.05) is 18.0 Å². The average Bonchev–Trinajstić information content (AvgIpc) is 2.92. The lowest BCUT2D eigenvalue weighted by atomic mass is 9.86. The van der Waals surface area contributed by atoms with Crippen molar-refractivity contribution in [3.63, 3.8) is 0 Å². The summed E-state index contributed by atoms with van der Waals surface area (Å²) in [6, 6.07) is 11.7. The molecule has 1 N–H and O–H groups in total. The number of carboxylic acid groups (broad SMARTS) is 1. The van der Waals surface area contributed by atoms with Gasteiger partial charge in [0.05, 0.1) is 12.1 Å². The van der Waals surface area contributed by atoms with Crippen LogP contribution in [0, 0.1) is 0 Å². The molecule has 1 aromatic carbocycles. The minimum absolute atomic E-state index is 0.0195. The molecule has 0 bridgehead atoms. The molecule has 4 rings (SSSR count). The zero-order valence-corrected chi connectivity index (χ0v) is 14.9. The van der Waals surface area contributed by atoms with Crippen molar-refractivity contribution in [3.8, 4) is 0 Å². The van der Waals surface area contributed by atoms with Gasteiger partial charge in [-0.05, 0) is 18.4 Å². The molecule has 1 saturated heterocycles. The molecule has 2 aliphatic rings. The summed E-state index contributed by atoms with van der Waals surface area (Å²) in [5.41, 5.74) is 0.125. The topological polar surface area (TPSA) is 78.7 Å². The summed E-state index contributed by atoms with van der Waals surface area (Å²) < 4.78 is 1.42. The van der Waals surface area contributed by atoms with Gasteiger partial charge in [0, 0.05) is 25.7 Å². The number of nitrogens with zero attached hydrogens (tertiary/aromatic N) is 4. The van der Waals surface area contributed by atoms with Gasteiger partial charge in [0.15, 0.2) is 0 Å². The third-order valence-corrected chi connectivity index (χ3v) is 5.53. The zero-order valence-electron chi connectivity index (χ0n) is 14.1. The zero-order chi connectivity index (χ0) is 18.3. The quantitative estimate of drug-likeness (QED) is 0.817. The minimum atomic E-state index is -1.06. The Bertz CT molecular complexity index is 891. The van der Waals surface area contributed by atoms with Crippen LogP contribution in [0.3, 0.4) is 0 Å². The molecule has 0 radical (unpaired) electrons. The van der Waals surface area contributed by atoms with Gasteiger partial charge in [0.2, 0.25) is 0 Å². The van der Waals surface area contributed by atoms with Crippen molar-refractivity contribution in [1.82, 2.24) is 14.5 Å². The Morgan fingerprint density at radius 1 is 1.23 bits per heavy atom. The highest BCUT2D eigenvalue weighted by Crippen LogP contribution is 2.40. The first-order valence-corrected chi connectivity index (χ1v) is 8.93. The highest BCUT2D eigenvalue weighted by molar-refractivity contribution is 6.29. The number of hydrogen-bond acceptors (Lipinski definition) is 4. The van der Waals surface area contributed by atoms with Gasteiger partial charge in [-0.15, -0.1) is 0 Å². The van der Waals surface area contributed by atoms with E-state index in [4.69, 9.17) is 11.6 Å². The van der Waals surface area contributed by atoms with E-state index in [1.54, 1.807) is 0 Å². The number of piperidine rings is 1. The molecule has 136 valence electrons. The Balaban J connectivity index is 1.57. The van der Waals surface area contributed by atoms with Crippen LogP contribution in [0.2, 0.25) is 5.15 Å². The number of amides is 1. The standard InChI is InChI=1S/C18H19ClN4O3/c19-14-10-15-22(16(24)20-14)12-18(23(15)17(25)26)6-8-21(9-7-18)11-13-4-2-1-3-5-13/h1-5,10H,6-9,11-12H2,(H,25,26). The lowest BCUT2D eigenvalue weighted by molar-refractivity contribution is 0.138. The van der Waals surface area contributed by atoms with E-state index in [1.165, 1.54) is 21.1 Å². The van der Waals surface area contributed by atoms with E-state index < -0.39 is 17.3 Å². The van der Waals surface area contributed by atoms with Gasteiger partial charge in [0.25, 0.3) is 0 Å². The molecule has 3 heterocycles. The van der Waals surface area contributed by atoms with Gasteiger partial charge in [-0.1, -0.05) is 41.9 Å². The molecule has 0 aliphatic carbocycles. The van der Waals surface area contributed by atoms with Crippen molar-refractivity contribution in [2.24, 2.45) is 0 Å². The molecule has 7 nitrogen and oxygen atoms in total. The second kappa shape index (κ2) is 6.41. The molecule has 0 unspecified atom stereocenters. The number of carbonyl (C=O) groups is 1. The molecular weight excluding hydrogens is 356 g/mol. The van der Waals surface area contributed by atoms with E-state index in [9.17, 15) is 14.7 Å². The highest BCUT2D eigenvalue weighted by Gasteiger charge is 2.49. The summed E-state index contributed by atoms with van der Waals surface area (Å²) in [6.07, 6.45) is 0.255. The van der Waals surface area contributed by atoms with Crippen LogP contribution in [0.25, 0.3) is 0 Å². The fraction of sp³-hybridized carbons (Fsp3) is 0.389. The maximum Gasteiger partial charge on any atom is 0.413 e. The van der Waals surface area contributed by atoms with Crippen LogP contribution in [-0.4, -0.2) is 44.3 Å². The summed E-state index contributed by atoms with van der Waals surface area (Å²) in [5.74, 6) is 0.319. The van der Waals surface area contributed by atoms with Gasteiger partial charge in [-0.25, -0.2) is 9.59 Å². The van der Waals surface area contributed by atoms with Gasteiger partial charge >= 0.3 is 11.8 Å². The van der Waals surface area contributed by atoms with Gasteiger partial charge < -0.3 is 5.11 Å². The molecular formula is C18H19ClN4O3. The monoisotopic (exact) mass is 374 g/mol. The van der Waals surface area contributed by atoms with E-state index >= 15 is 0 Å². The molecule has 1 fully saturated rings. The van der Waals surface area contributed by atoms with Crippen LogP contribution in [0.5, 0.6) is 0 Å². The minimum Gasteiger partial charge on any atom is -0.465 e. The number of rotatable bonds is 2. The van der Waals surface area contributed by atoms with Crippen molar-refractivity contribution >= 4 is 23.5 Å². The molecule has 1 amide bonds. The summed E-state index contributed by atoms with van der Waals surface area (Å²) in [5, 5.41) is 9.81. The number of likely N-dealkylation sites (tertiary alicyclic amines) is 1. The number of hydrogen-bond donors (Lipinski definition) is 1. The number of anilines is 1. The molecule has 0 atom stereocenters. The van der Waals surface area contributed by atoms with Crippen molar-refractivity contribution in [1.29, 1.82) is 0 Å². The van der Waals surface area contributed by atoms with Crippen molar-refractivity contribution < 1.29 is 9.90 Å². The van der Waals surface area contributed by atoms with Crippen LogP contribution in [0.4, 0.5) is 10.6 Å². The summed E-state index contributed by atoms with van der Waals surface area (Å²) in [4.78, 5) is 31.5. The number of fused-ring (bicyclic) bond motifs is 1. The SMILES string of the molecule is O=C(O)N1c2cc(Cl)nc(=O)n2CC12CCN(Cc1ccccc1)CC2. The van der Waals surface area contributed by atoms with E-state index in [2.05, 4.69) is 22.0 Å². The summed E-state index contributed by atoms with van der Waals surface area (Å²) >= 11 is 5.89. The van der Waals surface area contributed by atoms with E-state index in [-0.39, 0.29) is 5.15 Å². The highest BCUT2D eigenvalue weighted by atomic mass is 35.5. The van der Waals surface area contributed by atoms with Crippen LogP contribution < -0.4 is 10.6 Å². The molecule has 1 spiro atoms. The third-order valence-electron chi connectivity index (χ3n) is 5.34. The summed E-state index contributed by atoms with van der Waals surface area (Å²) in [6.45, 7) is 2.70. The first kappa shape index (κ1) is 17.1. The fourth-order valence-electron chi connectivity index (χ4n) is 4.06. The smallest absolute Gasteiger partial charge is 0.413 e. The second-order valence-corrected chi connectivity index (χ2v) is 7.30. The largest absolute Gasteiger partial charge is 0.465 e. The molecule has 2 aliphatic heterocycles. The van der Waals surface area contributed by atoms with Gasteiger partial charge in [0.1, 0.15) is 11.0 Å². The van der Waals surface area contributed by atoms with Crippen LogP contribution >= 0.6 is 11.6 Å². The number of aromatic nitrogens is 2. The maximum absolute atomic E-state index is 12.2. The fourth-order valence-corrected chi connectivity index (χ4v) is 4.23. The average molecular weight is 375 g/mol. The van der Waals surface area contributed by atoms with E-state index in [0.29, 0.717) is 25.2 Å². The molecule has 0 saturated carbocycles. The van der Waals surface area contributed by atoms with Crippen LogP contribution in [0.15, 0.2) is 41.2 Å². The Labute approximate surface area is 155 Å². The molecule has 26 heavy (non-hydrogen) atoms. The van der Waals surface area contributed by atoms with Crippen LogP contribution in [0.1, 0.15) is 18.4 Å². The maximum atomic E-state index is 12.2. The lowest BCUT2D eigenvalue weighted by Gasteiger charge is -2.42. The first-order chi connectivity index (χ1) is 12.5. The lowest BCUT2D eigenvalue weighted by Crippen LogP contribution is -2.56. The normalized spacial score (nSPS) is 18.9. The van der Waals surface area contributed by atoms with E-state index in [1.807, 2.05) is 18.2 Å². The van der Waals surface area contributed by atoms with Gasteiger partial charge in [-0.2, -0.15) is 4.98 Å². The summed E-state index contributed by atoms with van der Waals surface area (Å²) in [7, 11) is 0. The van der Waals surface area contributed by atoms with Crippen molar-refractivity contribution in [2.45, 2.75) is 31.5 Å². The molecule has 1 aromatic heterocycles. The molecule has 2 aromatic rings. The Kier molecular flexibility index (Phi) is 4.20. The van der Waals surface area contributed by atoms with Crippen LogP contribution in [-0.2, 0) is 13.1 Å². The Morgan fingerprint density at radius 2 is 1.92 bits per heavy atom. The number of benzene rings is 1. The third kappa shape index (κ3) is 2.87. The molecule has 8 heteroatoms. The Hall–Kier alpha value is -2.38. The predicted octanol–water partition coefficient (Wildman–Crippen LogP) is 2.43.